The van der Waals surface area contributed by atoms with Gasteiger partial charge >= 0.3 is 0 Å². The van der Waals surface area contributed by atoms with Gasteiger partial charge in [0.15, 0.2) is 0 Å². The van der Waals surface area contributed by atoms with Crippen LogP contribution < -0.4 is 5.73 Å². The van der Waals surface area contributed by atoms with Crippen molar-refractivity contribution in [2.24, 2.45) is 10.7 Å². The maximum Gasteiger partial charge on any atom is 0.136 e. The molecule has 0 radical (unpaired) electrons. The van der Waals surface area contributed by atoms with E-state index in [2.05, 4.69) is 42.3 Å². The molecule has 22 heavy (non-hydrogen) atoms. The second-order valence-electron chi connectivity index (χ2n) is 5.01. The fourth-order valence-corrected chi connectivity index (χ4v) is 2.27. The van der Waals surface area contributed by atoms with Crippen LogP contribution in [0.1, 0.15) is 51.2 Å². The first-order chi connectivity index (χ1) is 10.8. The molecule has 2 heterocycles. The Balaban J connectivity index is 0.000000198. The highest BCUT2D eigenvalue weighted by molar-refractivity contribution is 5.99. The summed E-state index contributed by atoms with van der Waals surface area (Å²) in [5.74, 6) is 1.05. The van der Waals surface area contributed by atoms with Gasteiger partial charge in [0.25, 0.3) is 0 Å². The summed E-state index contributed by atoms with van der Waals surface area (Å²) >= 11 is 0. The third-order valence-electron chi connectivity index (χ3n) is 3.53. The van der Waals surface area contributed by atoms with E-state index in [4.69, 9.17) is 10.5 Å². The largest absolute Gasteiger partial charge is 0.492 e. The van der Waals surface area contributed by atoms with Gasteiger partial charge in [0.2, 0.25) is 0 Å². The Morgan fingerprint density at radius 3 is 2.41 bits per heavy atom. The molecule has 0 atom stereocenters. The second-order valence-corrected chi connectivity index (χ2v) is 5.01. The van der Waals surface area contributed by atoms with Gasteiger partial charge in [-0.2, -0.15) is 0 Å². The molecule has 0 aliphatic carbocycles. The van der Waals surface area contributed by atoms with E-state index in [-0.39, 0.29) is 0 Å². The highest BCUT2D eigenvalue weighted by Gasteiger charge is 2.15. The summed E-state index contributed by atoms with van der Waals surface area (Å²) in [4.78, 5) is 4.37. The molecular weight excluding hydrogens is 272 g/mol. The van der Waals surface area contributed by atoms with Crippen molar-refractivity contribution in [1.82, 2.24) is 0 Å². The standard InChI is InChI=1S/C9H13N.C8H11NO.C2H6/c1-2-8-3-5-9(7-10)6-4-8;1-4-8-7(9-5-1)3-2-6-10-8;1-2/h3-6H,2,7,10H2,1H3;4H,1-3,5-6H2;1-2H3. The number of nitrogens with two attached hydrogens (primary N) is 1. The topological polar surface area (TPSA) is 47.6 Å². The maximum absolute atomic E-state index is 5.44. The lowest BCUT2D eigenvalue weighted by molar-refractivity contribution is 0.211. The van der Waals surface area contributed by atoms with Crippen LogP contribution in [0.15, 0.2) is 41.1 Å². The molecule has 1 aromatic carbocycles. The number of aryl methyl sites for hydroxylation is 1. The fraction of sp³-hybridized carbons (Fsp3) is 0.526. The highest BCUT2D eigenvalue weighted by Crippen LogP contribution is 2.17. The van der Waals surface area contributed by atoms with Crippen molar-refractivity contribution in [2.75, 3.05) is 13.2 Å². The van der Waals surface area contributed by atoms with Crippen LogP contribution in [0.4, 0.5) is 0 Å². The van der Waals surface area contributed by atoms with Crippen LogP contribution in [0.25, 0.3) is 0 Å². The lowest BCUT2D eigenvalue weighted by atomic mass is 10.1. The summed E-state index contributed by atoms with van der Waals surface area (Å²) in [6.07, 6.45) is 6.56. The molecule has 0 aromatic heterocycles. The third kappa shape index (κ3) is 6.02. The van der Waals surface area contributed by atoms with Crippen LogP contribution >= 0.6 is 0 Å². The average Bonchev–Trinajstić information content (AvgIpc) is 2.64. The van der Waals surface area contributed by atoms with Gasteiger partial charge in [-0.1, -0.05) is 45.0 Å². The SMILES string of the molecule is C1=C2OCCCC2=NCC1.CC.CCc1ccc(CN)cc1. The van der Waals surface area contributed by atoms with Crippen molar-refractivity contribution in [3.8, 4) is 0 Å². The second kappa shape index (κ2) is 11.0. The zero-order valence-corrected chi connectivity index (χ0v) is 14.3. The van der Waals surface area contributed by atoms with Crippen LogP contribution in [0.3, 0.4) is 0 Å². The van der Waals surface area contributed by atoms with Gasteiger partial charge in [0, 0.05) is 13.1 Å². The van der Waals surface area contributed by atoms with Gasteiger partial charge in [0.1, 0.15) is 5.76 Å². The molecule has 0 unspecified atom stereocenters. The third-order valence-corrected chi connectivity index (χ3v) is 3.53. The quantitative estimate of drug-likeness (QED) is 0.887. The smallest absolute Gasteiger partial charge is 0.136 e. The molecule has 3 rings (SSSR count). The molecule has 0 bridgehead atoms. The van der Waals surface area contributed by atoms with E-state index < -0.39 is 0 Å². The van der Waals surface area contributed by atoms with Crippen LogP contribution in [-0.4, -0.2) is 18.9 Å². The van der Waals surface area contributed by atoms with E-state index in [1.54, 1.807) is 0 Å². The van der Waals surface area contributed by atoms with E-state index in [0.717, 1.165) is 44.6 Å². The average molecular weight is 302 g/mol. The molecular formula is C19H30N2O. The first-order valence-electron chi connectivity index (χ1n) is 8.48. The van der Waals surface area contributed by atoms with Crippen LogP contribution in [0.2, 0.25) is 0 Å². The van der Waals surface area contributed by atoms with Gasteiger partial charge < -0.3 is 10.5 Å². The van der Waals surface area contributed by atoms with Crippen molar-refractivity contribution in [1.29, 1.82) is 0 Å². The number of aliphatic imine (C=N–C) groups is 1. The lowest BCUT2D eigenvalue weighted by Gasteiger charge is -2.20. The molecule has 0 saturated carbocycles. The van der Waals surface area contributed by atoms with Gasteiger partial charge in [-0.25, -0.2) is 0 Å². The number of fused-ring (bicyclic) bond motifs is 1. The van der Waals surface area contributed by atoms with E-state index in [1.165, 1.54) is 16.8 Å². The van der Waals surface area contributed by atoms with Crippen molar-refractivity contribution >= 4 is 5.71 Å². The molecule has 2 N–H and O–H groups in total. The fourth-order valence-electron chi connectivity index (χ4n) is 2.27. The molecule has 1 fully saturated rings. The molecule has 0 spiro atoms. The Hall–Kier alpha value is -1.61. The molecule has 1 aromatic rings. The first kappa shape index (κ1) is 18.4. The number of nitrogens with zero attached hydrogens (tertiary/aromatic N) is 1. The van der Waals surface area contributed by atoms with Gasteiger partial charge in [0.05, 0.1) is 12.3 Å². The Morgan fingerprint density at radius 1 is 1.14 bits per heavy atom. The zero-order chi connectivity index (χ0) is 16.2. The van der Waals surface area contributed by atoms with Crippen molar-refractivity contribution in [3.05, 3.63) is 47.2 Å². The van der Waals surface area contributed by atoms with E-state index in [1.807, 2.05) is 13.8 Å². The molecule has 2 aliphatic heterocycles. The number of dihydropyridines is 1. The molecule has 3 heteroatoms. The summed E-state index contributed by atoms with van der Waals surface area (Å²) in [5.41, 5.74) is 9.21. The lowest BCUT2D eigenvalue weighted by Crippen LogP contribution is -2.17. The minimum Gasteiger partial charge on any atom is -0.492 e. The summed E-state index contributed by atoms with van der Waals surface area (Å²) in [7, 11) is 0. The molecule has 2 aliphatic rings. The zero-order valence-electron chi connectivity index (χ0n) is 14.3. The normalized spacial score (nSPS) is 15.6. The number of hydrogen-bond acceptors (Lipinski definition) is 3. The van der Waals surface area contributed by atoms with Crippen LogP contribution in [0.5, 0.6) is 0 Å². The van der Waals surface area contributed by atoms with Crippen LogP contribution in [-0.2, 0) is 17.7 Å². The predicted octanol–water partition coefficient (Wildman–Crippen LogP) is 4.26. The monoisotopic (exact) mass is 302 g/mol. The molecule has 122 valence electrons. The van der Waals surface area contributed by atoms with Crippen molar-refractivity contribution in [3.63, 3.8) is 0 Å². The minimum absolute atomic E-state index is 0.643. The number of rotatable bonds is 2. The summed E-state index contributed by atoms with van der Waals surface area (Å²) in [6, 6.07) is 8.42. The summed E-state index contributed by atoms with van der Waals surface area (Å²) in [5, 5.41) is 0. The Bertz CT molecular complexity index is 430. The Morgan fingerprint density at radius 2 is 1.82 bits per heavy atom. The van der Waals surface area contributed by atoms with Gasteiger partial charge in [-0.05, 0) is 42.9 Å². The van der Waals surface area contributed by atoms with Gasteiger partial charge in [-0.15, -0.1) is 0 Å². The summed E-state index contributed by atoms with van der Waals surface area (Å²) < 4.78 is 5.41. The minimum atomic E-state index is 0.643. The summed E-state index contributed by atoms with van der Waals surface area (Å²) in [6.45, 7) is 8.63. The number of hydrogen-bond donors (Lipinski definition) is 1. The number of benzene rings is 1. The molecule has 1 saturated heterocycles. The van der Waals surface area contributed by atoms with E-state index in [9.17, 15) is 0 Å². The number of ether oxygens (including phenoxy) is 1. The van der Waals surface area contributed by atoms with Crippen molar-refractivity contribution in [2.45, 2.75) is 53.0 Å². The first-order valence-corrected chi connectivity index (χ1v) is 8.48. The Kier molecular flexibility index (Phi) is 9.24. The highest BCUT2D eigenvalue weighted by atomic mass is 16.5. The maximum atomic E-state index is 5.44. The predicted molar refractivity (Wildman–Crippen MR) is 95.2 cm³/mol. The Labute approximate surface area is 135 Å². The van der Waals surface area contributed by atoms with Crippen LogP contribution in [0, 0.1) is 0 Å². The van der Waals surface area contributed by atoms with Gasteiger partial charge in [-0.3, -0.25) is 4.99 Å². The van der Waals surface area contributed by atoms with E-state index >= 15 is 0 Å². The molecule has 3 nitrogen and oxygen atoms in total. The number of allylic oxidation sites excluding steroid dienone is 1. The van der Waals surface area contributed by atoms with E-state index in [0.29, 0.717) is 6.54 Å². The molecule has 0 amide bonds. The van der Waals surface area contributed by atoms with Crippen molar-refractivity contribution < 1.29 is 4.74 Å².